The third-order valence-electron chi connectivity index (χ3n) is 4.15. The average Bonchev–Trinajstić information content (AvgIpc) is 2.30. The van der Waals surface area contributed by atoms with Crippen LogP contribution in [0.25, 0.3) is 0 Å². The van der Waals surface area contributed by atoms with E-state index in [-0.39, 0.29) is 0 Å². The Balaban J connectivity index is 4.66. The van der Waals surface area contributed by atoms with Gasteiger partial charge in [-0.1, -0.05) is 75.2 Å². The van der Waals surface area contributed by atoms with Gasteiger partial charge in [-0.25, -0.2) is 0 Å². The van der Waals surface area contributed by atoms with Crippen LogP contribution >= 0.6 is 0 Å². The van der Waals surface area contributed by atoms with Crippen molar-refractivity contribution < 1.29 is 4.43 Å². The molecule has 0 N–H and O–H groups in total. The average molecular weight is 300 g/mol. The topological polar surface area (TPSA) is 9.23 Å². The molecule has 0 heterocycles. The van der Waals surface area contributed by atoms with Crippen LogP contribution in [0.4, 0.5) is 0 Å². The molecule has 1 unspecified atom stereocenters. The lowest BCUT2D eigenvalue weighted by Gasteiger charge is -2.40. The molecule has 0 amide bonds. The van der Waals surface area contributed by atoms with E-state index in [0.717, 1.165) is 12.3 Å². The molecule has 1 nitrogen and oxygen atoms in total. The molecule has 0 saturated heterocycles. The normalized spacial score (nSPS) is 15.2. The number of hydrogen-bond donors (Lipinski definition) is 0. The summed E-state index contributed by atoms with van der Waals surface area (Å²) in [5.41, 5.74) is 0. The van der Waals surface area contributed by atoms with E-state index in [0.29, 0.717) is 16.2 Å². The minimum absolute atomic E-state index is 0.297. The van der Waals surface area contributed by atoms with Gasteiger partial charge in [0.15, 0.2) is 0 Å². The summed E-state index contributed by atoms with van der Waals surface area (Å²) in [7, 11) is -0.847. The molecule has 121 valence electrons. The van der Waals surface area contributed by atoms with Crippen LogP contribution in [-0.4, -0.2) is 15.1 Å². The molecule has 1 radical (unpaired) electrons. The third kappa shape index (κ3) is 7.26. The highest BCUT2D eigenvalue weighted by molar-refractivity contribution is 6.58. The minimum atomic E-state index is -0.847. The Morgan fingerprint density at radius 3 is 1.50 bits per heavy atom. The summed E-state index contributed by atoms with van der Waals surface area (Å²) in [6.07, 6.45) is 6.80. The quantitative estimate of drug-likeness (QED) is 0.459. The van der Waals surface area contributed by atoms with Gasteiger partial charge in [-0.05, 0) is 35.3 Å². The third-order valence-corrected chi connectivity index (χ3v) is 7.45. The van der Waals surface area contributed by atoms with E-state index in [2.05, 4.69) is 62.3 Å². The molecule has 1 atom stereocenters. The fraction of sp³-hybridized carbons (Fsp3) is 1.00. The zero-order valence-electron chi connectivity index (χ0n) is 15.6. The predicted molar refractivity (Wildman–Crippen MR) is 93.7 cm³/mol. The van der Waals surface area contributed by atoms with Crippen molar-refractivity contribution in [2.24, 2.45) is 5.92 Å². The van der Waals surface area contributed by atoms with Gasteiger partial charge in [-0.3, -0.25) is 0 Å². The van der Waals surface area contributed by atoms with Crippen LogP contribution in [0.2, 0.25) is 10.1 Å². The Bertz CT molecular complexity index is 231. The van der Waals surface area contributed by atoms with Gasteiger partial charge >= 0.3 is 0 Å². The summed E-state index contributed by atoms with van der Waals surface area (Å²) in [5, 5.41) is 0.594. The van der Waals surface area contributed by atoms with E-state index in [1.54, 1.807) is 0 Å². The lowest BCUT2D eigenvalue weighted by atomic mass is 9.95. The van der Waals surface area contributed by atoms with Gasteiger partial charge in [0.1, 0.15) is 0 Å². The lowest BCUT2D eigenvalue weighted by molar-refractivity contribution is 0.155. The van der Waals surface area contributed by atoms with Crippen molar-refractivity contribution in [2.75, 3.05) is 0 Å². The van der Waals surface area contributed by atoms with E-state index in [9.17, 15) is 0 Å². The van der Waals surface area contributed by atoms with Gasteiger partial charge in [0.25, 0.3) is 0 Å². The highest BCUT2D eigenvalue weighted by Gasteiger charge is 2.40. The molecular weight excluding hydrogens is 260 g/mol. The molecule has 0 aliphatic carbocycles. The zero-order chi connectivity index (χ0) is 16.0. The van der Waals surface area contributed by atoms with Gasteiger partial charge < -0.3 is 4.43 Å². The summed E-state index contributed by atoms with van der Waals surface area (Å²) in [6.45, 7) is 21.0. The fourth-order valence-corrected chi connectivity index (χ4v) is 6.69. The number of rotatable bonds is 8. The van der Waals surface area contributed by atoms with Crippen molar-refractivity contribution in [1.82, 2.24) is 0 Å². The second-order valence-corrected chi connectivity index (χ2v) is 12.1. The van der Waals surface area contributed by atoms with Crippen LogP contribution in [0, 0.1) is 5.92 Å². The Hall–Kier alpha value is 0.177. The summed E-state index contributed by atoms with van der Waals surface area (Å²) in [5.74, 6) is 0.882. The van der Waals surface area contributed by atoms with Crippen molar-refractivity contribution >= 4 is 9.04 Å². The van der Waals surface area contributed by atoms with Crippen LogP contribution in [-0.2, 0) is 4.43 Å². The molecule has 0 aliphatic rings. The molecule has 0 fully saturated rings. The molecule has 20 heavy (non-hydrogen) atoms. The fourth-order valence-electron chi connectivity index (χ4n) is 3.11. The maximum absolute atomic E-state index is 6.67. The highest BCUT2D eigenvalue weighted by atomic mass is 28.3. The van der Waals surface area contributed by atoms with E-state index in [1.807, 2.05) is 0 Å². The second-order valence-electron chi connectivity index (χ2n) is 8.24. The van der Waals surface area contributed by atoms with Crippen molar-refractivity contribution in [3.63, 3.8) is 0 Å². The SMILES string of the molecule is CCC(CC)CCC(CC)O[Si](C(C)(C)C)C(C)(C)C. The maximum atomic E-state index is 6.67. The monoisotopic (exact) mass is 299 g/mol. The van der Waals surface area contributed by atoms with Crippen LogP contribution in [0.1, 0.15) is 94.4 Å². The summed E-state index contributed by atoms with van der Waals surface area (Å²) in [4.78, 5) is 0. The van der Waals surface area contributed by atoms with Gasteiger partial charge in [-0.15, -0.1) is 0 Å². The van der Waals surface area contributed by atoms with Crippen LogP contribution < -0.4 is 0 Å². The van der Waals surface area contributed by atoms with Crippen LogP contribution in [0.5, 0.6) is 0 Å². The molecule has 0 saturated carbocycles. The molecule has 0 aromatic carbocycles. The standard InChI is InChI=1S/C18H39OSi/c1-10-15(11-2)13-14-16(12-3)19-20(17(4,5)6)18(7,8)9/h15-16H,10-14H2,1-9H3. The van der Waals surface area contributed by atoms with E-state index in [4.69, 9.17) is 4.43 Å². The Morgan fingerprint density at radius 2 is 1.20 bits per heavy atom. The summed E-state index contributed by atoms with van der Waals surface area (Å²) >= 11 is 0. The summed E-state index contributed by atoms with van der Waals surface area (Å²) < 4.78 is 6.67. The van der Waals surface area contributed by atoms with Crippen molar-refractivity contribution in [3.8, 4) is 0 Å². The molecular formula is C18H39OSi. The van der Waals surface area contributed by atoms with Gasteiger partial charge in [0.2, 0.25) is 9.04 Å². The smallest absolute Gasteiger partial charge is 0.223 e. The Labute approximate surface area is 130 Å². The molecule has 2 heteroatoms. The Morgan fingerprint density at radius 1 is 0.750 bits per heavy atom. The summed E-state index contributed by atoms with van der Waals surface area (Å²) in [6, 6.07) is 0. The van der Waals surface area contributed by atoms with Crippen molar-refractivity contribution in [1.29, 1.82) is 0 Å². The molecule has 0 spiro atoms. The number of hydrogen-bond acceptors (Lipinski definition) is 1. The van der Waals surface area contributed by atoms with Crippen molar-refractivity contribution in [3.05, 3.63) is 0 Å². The molecule has 0 aromatic heterocycles. The van der Waals surface area contributed by atoms with E-state index >= 15 is 0 Å². The van der Waals surface area contributed by atoms with E-state index in [1.165, 1.54) is 25.7 Å². The maximum Gasteiger partial charge on any atom is 0.223 e. The molecule has 0 aromatic rings. The first kappa shape index (κ1) is 20.2. The Kier molecular flexibility index (Phi) is 8.65. The first-order valence-electron chi connectivity index (χ1n) is 8.60. The van der Waals surface area contributed by atoms with Crippen LogP contribution in [0.3, 0.4) is 0 Å². The van der Waals surface area contributed by atoms with Gasteiger partial charge in [0.05, 0.1) is 0 Å². The molecule has 0 aliphatic heterocycles. The van der Waals surface area contributed by atoms with Gasteiger partial charge in [0, 0.05) is 6.10 Å². The van der Waals surface area contributed by atoms with Crippen LogP contribution in [0.15, 0.2) is 0 Å². The second kappa shape index (κ2) is 8.58. The first-order chi connectivity index (χ1) is 9.06. The lowest BCUT2D eigenvalue weighted by Crippen LogP contribution is -2.41. The van der Waals surface area contributed by atoms with Gasteiger partial charge in [-0.2, -0.15) is 0 Å². The largest absolute Gasteiger partial charge is 0.413 e. The molecule has 0 rings (SSSR count). The minimum Gasteiger partial charge on any atom is -0.413 e. The first-order valence-corrected chi connectivity index (χ1v) is 10.0. The predicted octanol–water partition coefficient (Wildman–Crippen LogP) is 6.59. The van der Waals surface area contributed by atoms with E-state index < -0.39 is 9.04 Å². The van der Waals surface area contributed by atoms with Crippen molar-refractivity contribution in [2.45, 2.75) is 111 Å². The highest BCUT2D eigenvalue weighted by Crippen LogP contribution is 2.43. The molecule has 0 bridgehead atoms. The zero-order valence-corrected chi connectivity index (χ0v) is 16.6.